The first-order valence-electron chi connectivity index (χ1n) is 4.84. The highest BCUT2D eigenvalue weighted by Gasteiger charge is 2.04. The zero-order valence-electron chi connectivity index (χ0n) is 8.78. The summed E-state index contributed by atoms with van der Waals surface area (Å²) in [5.41, 5.74) is 10.9. The number of rotatable bonds is 2. The molecule has 2 nitrogen and oxygen atoms in total. The summed E-state index contributed by atoms with van der Waals surface area (Å²) in [6.45, 7) is 0. The van der Waals surface area contributed by atoms with Crippen LogP contribution in [0.25, 0.3) is 0 Å². The third kappa shape index (κ3) is 2.68. The van der Waals surface area contributed by atoms with Gasteiger partial charge in [-0.1, -0.05) is 11.8 Å². The van der Waals surface area contributed by atoms with E-state index in [0.717, 1.165) is 0 Å². The molecule has 88 valence electrons. The Hall–Kier alpha value is -1.75. The summed E-state index contributed by atoms with van der Waals surface area (Å²) in [6.07, 6.45) is 0. The molecule has 0 aliphatic carbocycles. The summed E-state index contributed by atoms with van der Waals surface area (Å²) in [7, 11) is 0. The summed E-state index contributed by atoms with van der Waals surface area (Å²) in [5.74, 6) is -0.961. The highest BCUT2D eigenvalue weighted by molar-refractivity contribution is 7.99. The third-order valence-electron chi connectivity index (χ3n) is 2.18. The van der Waals surface area contributed by atoms with Crippen LogP contribution in [0.4, 0.5) is 20.2 Å². The van der Waals surface area contributed by atoms with E-state index in [1.165, 1.54) is 36.0 Å². The van der Waals surface area contributed by atoms with Gasteiger partial charge in [-0.15, -0.1) is 0 Å². The summed E-state index contributed by atoms with van der Waals surface area (Å²) >= 11 is 1.24. The SMILES string of the molecule is Nc1ccc(Sc2ccc(N)c(F)c2)cc1F. The molecular weight excluding hydrogens is 242 g/mol. The fraction of sp³-hybridized carbons (Fsp3) is 0. The molecule has 0 saturated heterocycles. The topological polar surface area (TPSA) is 52.0 Å². The lowest BCUT2D eigenvalue weighted by atomic mass is 10.3. The lowest BCUT2D eigenvalue weighted by Gasteiger charge is -2.04. The highest BCUT2D eigenvalue weighted by Crippen LogP contribution is 2.30. The number of nitrogens with two attached hydrogens (primary N) is 2. The molecule has 0 bridgehead atoms. The van der Waals surface area contributed by atoms with E-state index in [-0.39, 0.29) is 11.4 Å². The smallest absolute Gasteiger partial charge is 0.147 e. The first-order valence-corrected chi connectivity index (χ1v) is 5.66. The molecule has 0 atom stereocenters. The Kier molecular flexibility index (Phi) is 3.19. The van der Waals surface area contributed by atoms with Crippen LogP contribution < -0.4 is 11.5 Å². The molecule has 0 saturated carbocycles. The maximum atomic E-state index is 13.2. The molecule has 0 unspecified atom stereocenters. The van der Waals surface area contributed by atoms with Gasteiger partial charge in [-0.3, -0.25) is 0 Å². The van der Waals surface area contributed by atoms with Gasteiger partial charge in [0, 0.05) is 9.79 Å². The quantitative estimate of drug-likeness (QED) is 0.806. The average Bonchev–Trinajstić information content (AvgIpc) is 2.29. The van der Waals surface area contributed by atoms with Crippen molar-refractivity contribution in [3.63, 3.8) is 0 Å². The second-order valence-electron chi connectivity index (χ2n) is 3.47. The number of hydrogen-bond donors (Lipinski definition) is 2. The minimum absolute atomic E-state index is 0.0952. The molecule has 2 aromatic rings. The van der Waals surface area contributed by atoms with Gasteiger partial charge in [0.25, 0.3) is 0 Å². The van der Waals surface area contributed by atoms with Crippen molar-refractivity contribution in [3.8, 4) is 0 Å². The van der Waals surface area contributed by atoms with E-state index in [4.69, 9.17) is 11.5 Å². The number of anilines is 2. The molecule has 0 aliphatic heterocycles. The molecule has 17 heavy (non-hydrogen) atoms. The van der Waals surface area contributed by atoms with Crippen molar-refractivity contribution in [1.29, 1.82) is 0 Å². The van der Waals surface area contributed by atoms with E-state index in [1.807, 2.05) is 0 Å². The van der Waals surface area contributed by atoms with Crippen molar-refractivity contribution in [1.82, 2.24) is 0 Å². The average molecular weight is 252 g/mol. The minimum atomic E-state index is -0.481. The molecule has 0 spiro atoms. The van der Waals surface area contributed by atoms with E-state index in [1.54, 1.807) is 12.1 Å². The molecule has 0 aromatic heterocycles. The van der Waals surface area contributed by atoms with Gasteiger partial charge < -0.3 is 11.5 Å². The van der Waals surface area contributed by atoms with Crippen LogP contribution in [-0.4, -0.2) is 0 Å². The van der Waals surface area contributed by atoms with Crippen molar-refractivity contribution in [2.24, 2.45) is 0 Å². The van der Waals surface area contributed by atoms with Gasteiger partial charge in [-0.2, -0.15) is 0 Å². The number of nitrogen functional groups attached to an aromatic ring is 2. The van der Waals surface area contributed by atoms with Gasteiger partial charge in [-0.25, -0.2) is 8.78 Å². The molecule has 0 radical (unpaired) electrons. The van der Waals surface area contributed by atoms with Crippen molar-refractivity contribution >= 4 is 23.1 Å². The lowest BCUT2D eigenvalue weighted by Crippen LogP contribution is -1.91. The largest absolute Gasteiger partial charge is 0.396 e. The van der Waals surface area contributed by atoms with Crippen molar-refractivity contribution in [2.45, 2.75) is 9.79 Å². The molecule has 2 aromatic carbocycles. The summed E-state index contributed by atoms with van der Waals surface area (Å²) < 4.78 is 26.4. The van der Waals surface area contributed by atoms with Crippen LogP contribution in [0.5, 0.6) is 0 Å². The van der Waals surface area contributed by atoms with Crippen LogP contribution in [0, 0.1) is 11.6 Å². The van der Waals surface area contributed by atoms with Gasteiger partial charge in [0.05, 0.1) is 11.4 Å². The van der Waals surface area contributed by atoms with E-state index in [2.05, 4.69) is 0 Å². The van der Waals surface area contributed by atoms with Crippen LogP contribution in [0.1, 0.15) is 0 Å². The van der Waals surface area contributed by atoms with Gasteiger partial charge in [0.1, 0.15) is 11.6 Å². The minimum Gasteiger partial charge on any atom is -0.396 e. The molecule has 0 fully saturated rings. The first-order chi connectivity index (χ1) is 8.06. The van der Waals surface area contributed by atoms with Crippen LogP contribution in [0.3, 0.4) is 0 Å². The van der Waals surface area contributed by atoms with Crippen LogP contribution in [0.15, 0.2) is 46.2 Å². The molecule has 0 aliphatic rings. The molecule has 0 heterocycles. The Bertz CT molecular complexity index is 509. The van der Waals surface area contributed by atoms with E-state index >= 15 is 0 Å². The van der Waals surface area contributed by atoms with Gasteiger partial charge in [0.2, 0.25) is 0 Å². The predicted molar refractivity (Wildman–Crippen MR) is 65.7 cm³/mol. The van der Waals surface area contributed by atoms with E-state index in [9.17, 15) is 8.78 Å². The van der Waals surface area contributed by atoms with Crippen LogP contribution >= 0.6 is 11.8 Å². The Balaban J connectivity index is 2.25. The zero-order valence-corrected chi connectivity index (χ0v) is 9.60. The molecule has 0 amide bonds. The lowest BCUT2D eigenvalue weighted by molar-refractivity contribution is 0.628. The number of benzene rings is 2. The Morgan fingerprint density at radius 3 is 1.53 bits per heavy atom. The van der Waals surface area contributed by atoms with Crippen LogP contribution in [-0.2, 0) is 0 Å². The van der Waals surface area contributed by atoms with Crippen LogP contribution in [0.2, 0.25) is 0 Å². The fourth-order valence-electron chi connectivity index (χ4n) is 1.28. The Morgan fingerprint density at radius 2 is 1.18 bits per heavy atom. The van der Waals surface area contributed by atoms with Gasteiger partial charge in [0.15, 0.2) is 0 Å². The Labute approximate surface area is 102 Å². The predicted octanol–water partition coefficient (Wildman–Crippen LogP) is 3.28. The van der Waals surface area contributed by atoms with Crippen molar-refractivity contribution in [2.75, 3.05) is 11.5 Å². The third-order valence-corrected chi connectivity index (χ3v) is 3.16. The van der Waals surface area contributed by atoms with E-state index in [0.29, 0.717) is 9.79 Å². The van der Waals surface area contributed by atoms with Crippen molar-refractivity contribution < 1.29 is 8.78 Å². The maximum absolute atomic E-state index is 13.2. The second-order valence-corrected chi connectivity index (χ2v) is 4.62. The Morgan fingerprint density at radius 1 is 0.765 bits per heavy atom. The van der Waals surface area contributed by atoms with Gasteiger partial charge in [-0.05, 0) is 36.4 Å². The zero-order chi connectivity index (χ0) is 12.4. The normalized spacial score (nSPS) is 10.5. The standard InChI is InChI=1S/C12H10F2N2S/c13-9-5-7(1-3-11(9)15)17-8-2-4-12(16)10(14)6-8/h1-6H,15-16H2. The first kappa shape index (κ1) is 11.7. The number of hydrogen-bond acceptors (Lipinski definition) is 3. The molecular formula is C12H10F2N2S. The highest BCUT2D eigenvalue weighted by atomic mass is 32.2. The number of halogens is 2. The molecule has 4 N–H and O–H groups in total. The summed E-state index contributed by atoms with van der Waals surface area (Å²) in [6, 6.07) is 8.94. The van der Waals surface area contributed by atoms with Crippen molar-refractivity contribution in [3.05, 3.63) is 48.0 Å². The molecule has 2 rings (SSSR count). The fourth-order valence-corrected chi connectivity index (χ4v) is 2.15. The molecule has 5 heteroatoms. The maximum Gasteiger partial charge on any atom is 0.147 e. The second kappa shape index (κ2) is 4.63. The monoisotopic (exact) mass is 252 g/mol. The summed E-state index contributed by atoms with van der Waals surface area (Å²) in [5, 5.41) is 0. The van der Waals surface area contributed by atoms with E-state index < -0.39 is 11.6 Å². The summed E-state index contributed by atoms with van der Waals surface area (Å²) in [4.78, 5) is 1.31. The van der Waals surface area contributed by atoms with Gasteiger partial charge >= 0.3 is 0 Å².